The van der Waals surface area contributed by atoms with Crippen LogP contribution < -0.4 is 0 Å². The molecule has 2 aromatic carbocycles. The summed E-state index contributed by atoms with van der Waals surface area (Å²) in [4.78, 5) is 25.0. The lowest BCUT2D eigenvalue weighted by atomic mass is 9.98. The van der Waals surface area contributed by atoms with Crippen molar-refractivity contribution >= 4 is 12.1 Å². The molecule has 140 valence electrons. The number of hydrogen-bond donors (Lipinski definition) is 2. The van der Waals surface area contributed by atoms with Gasteiger partial charge in [0, 0.05) is 12.5 Å². The van der Waals surface area contributed by atoms with E-state index in [0.717, 1.165) is 22.3 Å². The van der Waals surface area contributed by atoms with Gasteiger partial charge in [0.2, 0.25) is 0 Å². The standard InChI is InChI=1S/C21H21NO5/c23-19(20(24)25)18-10-5-11-22(18)21(26)27-12-17-15-8-3-1-6-13(15)14-7-2-4-9-16(14)17/h1-4,6-9,17-19,23H,5,10-12H2,(H,24,25). The molecule has 6 nitrogen and oxygen atoms in total. The third kappa shape index (κ3) is 3.06. The van der Waals surface area contributed by atoms with Crippen molar-refractivity contribution in [1.29, 1.82) is 0 Å². The molecule has 0 aromatic heterocycles. The summed E-state index contributed by atoms with van der Waals surface area (Å²) in [6.07, 6.45) is -1.05. The van der Waals surface area contributed by atoms with E-state index in [9.17, 15) is 14.7 Å². The second-order valence-corrected chi connectivity index (χ2v) is 6.99. The average molecular weight is 367 g/mol. The third-order valence-electron chi connectivity index (χ3n) is 5.49. The Balaban J connectivity index is 1.50. The molecule has 27 heavy (non-hydrogen) atoms. The summed E-state index contributed by atoms with van der Waals surface area (Å²) in [5.74, 6) is -1.37. The van der Waals surface area contributed by atoms with E-state index in [0.29, 0.717) is 19.4 Å². The number of benzene rings is 2. The van der Waals surface area contributed by atoms with Crippen LogP contribution in [0.15, 0.2) is 48.5 Å². The topological polar surface area (TPSA) is 87.1 Å². The summed E-state index contributed by atoms with van der Waals surface area (Å²) in [7, 11) is 0. The first-order valence-electron chi connectivity index (χ1n) is 9.10. The number of carboxylic acid groups (broad SMARTS) is 1. The molecule has 0 spiro atoms. The molecule has 1 fully saturated rings. The Labute approximate surface area is 157 Å². The summed E-state index contributed by atoms with van der Waals surface area (Å²) < 4.78 is 5.57. The van der Waals surface area contributed by atoms with Gasteiger partial charge in [0.25, 0.3) is 0 Å². The van der Waals surface area contributed by atoms with E-state index in [1.807, 2.05) is 36.4 Å². The van der Waals surface area contributed by atoms with Crippen LogP contribution in [0.4, 0.5) is 4.79 Å². The lowest BCUT2D eigenvalue weighted by Gasteiger charge is -2.26. The highest BCUT2D eigenvalue weighted by molar-refractivity contribution is 5.79. The fraction of sp³-hybridized carbons (Fsp3) is 0.333. The number of fused-ring (bicyclic) bond motifs is 3. The number of aliphatic hydroxyl groups is 1. The molecule has 1 saturated heterocycles. The van der Waals surface area contributed by atoms with Gasteiger partial charge in [0.05, 0.1) is 6.04 Å². The van der Waals surface area contributed by atoms with Gasteiger partial charge in [-0.05, 0) is 35.1 Å². The van der Waals surface area contributed by atoms with Gasteiger partial charge in [-0.25, -0.2) is 9.59 Å². The molecule has 1 amide bonds. The van der Waals surface area contributed by atoms with Gasteiger partial charge in [-0.3, -0.25) is 0 Å². The smallest absolute Gasteiger partial charge is 0.410 e. The highest BCUT2D eigenvalue weighted by Crippen LogP contribution is 2.44. The van der Waals surface area contributed by atoms with Crippen LogP contribution in [0.5, 0.6) is 0 Å². The summed E-state index contributed by atoms with van der Waals surface area (Å²) in [6, 6.07) is 15.4. The van der Waals surface area contributed by atoms with E-state index in [-0.39, 0.29) is 12.5 Å². The van der Waals surface area contributed by atoms with Crippen LogP contribution in [-0.2, 0) is 9.53 Å². The monoisotopic (exact) mass is 367 g/mol. The van der Waals surface area contributed by atoms with Crippen LogP contribution >= 0.6 is 0 Å². The van der Waals surface area contributed by atoms with Gasteiger partial charge in [-0.2, -0.15) is 0 Å². The van der Waals surface area contributed by atoms with Gasteiger partial charge >= 0.3 is 12.1 Å². The molecule has 0 saturated carbocycles. The average Bonchev–Trinajstić information content (AvgIpc) is 3.29. The minimum atomic E-state index is -1.59. The highest BCUT2D eigenvalue weighted by Gasteiger charge is 2.39. The minimum Gasteiger partial charge on any atom is -0.479 e. The van der Waals surface area contributed by atoms with Crippen LogP contribution in [0.2, 0.25) is 0 Å². The van der Waals surface area contributed by atoms with Crippen LogP contribution in [0.3, 0.4) is 0 Å². The quantitative estimate of drug-likeness (QED) is 0.868. The lowest BCUT2D eigenvalue weighted by Crippen LogP contribution is -2.46. The normalized spacial score (nSPS) is 19.4. The zero-order chi connectivity index (χ0) is 19.0. The number of carbonyl (C=O) groups is 2. The first-order valence-corrected chi connectivity index (χ1v) is 9.10. The molecule has 2 unspecified atom stereocenters. The van der Waals surface area contributed by atoms with Crippen molar-refractivity contribution in [2.24, 2.45) is 0 Å². The molecule has 2 aliphatic rings. The maximum atomic E-state index is 12.6. The second-order valence-electron chi connectivity index (χ2n) is 6.99. The van der Waals surface area contributed by atoms with E-state index in [1.165, 1.54) is 4.90 Å². The van der Waals surface area contributed by atoms with Gasteiger partial charge in [-0.15, -0.1) is 0 Å². The zero-order valence-corrected chi connectivity index (χ0v) is 14.7. The SMILES string of the molecule is O=C(O)C(O)C1CCCN1C(=O)OCC1c2ccccc2-c2ccccc21. The van der Waals surface area contributed by atoms with Crippen molar-refractivity contribution in [2.45, 2.75) is 30.9 Å². The van der Waals surface area contributed by atoms with Crippen LogP contribution in [0, 0.1) is 0 Å². The Morgan fingerprint density at radius 3 is 2.26 bits per heavy atom. The molecular formula is C21H21NO5. The summed E-state index contributed by atoms with van der Waals surface area (Å²) in [5.41, 5.74) is 4.54. The van der Waals surface area contributed by atoms with Gasteiger partial charge < -0.3 is 19.8 Å². The maximum Gasteiger partial charge on any atom is 0.410 e. The molecule has 0 radical (unpaired) electrons. The van der Waals surface area contributed by atoms with Crippen molar-refractivity contribution in [1.82, 2.24) is 4.90 Å². The highest BCUT2D eigenvalue weighted by atomic mass is 16.6. The molecule has 1 aliphatic heterocycles. The van der Waals surface area contributed by atoms with E-state index in [4.69, 9.17) is 9.84 Å². The Bertz CT molecular complexity index is 835. The maximum absolute atomic E-state index is 12.6. The van der Waals surface area contributed by atoms with Crippen molar-refractivity contribution in [2.75, 3.05) is 13.2 Å². The summed E-state index contributed by atoms with van der Waals surface area (Å²) in [5, 5.41) is 18.9. The van der Waals surface area contributed by atoms with Crippen molar-refractivity contribution < 1.29 is 24.5 Å². The van der Waals surface area contributed by atoms with Crippen molar-refractivity contribution in [3.8, 4) is 11.1 Å². The molecule has 2 aromatic rings. The van der Waals surface area contributed by atoms with Crippen molar-refractivity contribution in [3.05, 3.63) is 59.7 Å². The molecule has 6 heteroatoms. The Hall–Kier alpha value is -2.86. The number of carbonyl (C=O) groups excluding carboxylic acids is 1. The van der Waals surface area contributed by atoms with Gasteiger partial charge in [-0.1, -0.05) is 48.5 Å². The number of amides is 1. The number of hydrogen-bond acceptors (Lipinski definition) is 4. The molecule has 0 bridgehead atoms. The molecule has 2 atom stereocenters. The predicted octanol–water partition coefficient (Wildman–Crippen LogP) is 2.85. The number of ether oxygens (including phenoxy) is 1. The Morgan fingerprint density at radius 1 is 1.07 bits per heavy atom. The van der Waals surface area contributed by atoms with Gasteiger partial charge in [0.15, 0.2) is 6.10 Å². The Morgan fingerprint density at radius 2 is 1.67 bits per heavy atom. The third-order valence-corrected chi connectivity index (χ3v) is 5.49. The number of likely N-dealkylation sites (tertiary alicyclic amines) is 1. The summed E-state index contributed by atoms with van der Waals surface area (Å²) in [6.45, 7) is 0.574. The zero-order valence-electron chi connectivity index (χ0n) is 14.7. The second kappa shape index (κ2) is 7.04. The number of rotatable bonds is 4. The van der Waals surface area contributed by atoms with Crippen LogP contribution in [0.1, 0.15) is 29.9 Å². The molecule has 4 rings (SSSR count). The summed E-state index contributed by atoms with van der Waals surface area (Å²) >= 11 is 0. The number of aliphatic carboxylic acids is 1. The number of aliphatic hydroxyl groups excluding tert-OH is 1. The first kappa shape index (κ1) is 17.5. The van der Waals surface area contributed by atoms with E-state index < -0.39 is 24.2 Å². The number of carboxylic acids is 1. The molecule has 1 heterocycles. The molecule has 2 N–H and O–H groups in total. The van der Waals surface area contributed by atoms with Gasteiger partial charge in [0.1, 0.15) is 6.61 Å². The van der Waals surface area contributed by atoms with Crippen molar-refractivity contribution in [3.63, 3.8) is 0 Å². The lowest BCUT2D eigenvalue weighted by molar-refractivity contribution is -0.149. The van der Waals surface area contributed by atoms with Crippen LogP contribution in [-0.4, -0.2) is 52.5 Å². The van der Waals surface area contributed by atoms with E-state index in [1.54, 1.807) is 0 Å². The predicted molar refractivity (Wildman–Crippen MR) is 98.4 cm³/mol. The Kier molecular flexibility index (Phi) is 4.58. The molecular weight excluding hydrogens is 346 g/mol. The fourth-order valence-electron chi connectivity index (χ4n) is 4.19. The van der Waals surface area contributed by atoms with Crippen LogP contribution in [0.25, 0.3) is 11.1 Å². The first-order chi connectivity index (χ1) is 13.1. The minimum absolute atomic E-state index is 0.0493. The fourth-order valence-corrected chi connectivity index (χ4v) is 4.19. The molecule has 1 aliphatic carbocycles. The largest absolute Gasteiger partial charge is 0.479 e. The van der Waals surface area contributed by atoms with E-state index >= 15 is 0 Å². The van der Waals surface area contributed by atoms with E-state index in [2.05, 4.69) is 12.1 Å². The number of nitrogens with zero attached hydrogens (tertiary/aromatic N) is 1.